The number of carboxylic acids is 1. The summed E-state index contributed by atoms with van der Waals surface area (Å²) < 4.78 is 5.46. The number of benzene rings is 1. The Morgan fingerprint density at radius 1 is 1.29 bits per heavy atom. The maximum Gasteiger partial charge on any atom is 0.303 e. The van der Waals surface area contributed by atoms with Gasteiger partial charge in [0.2, 0.25) is 0 Å². The van der Waals surface area contributed by atoms with Crippen molar-refractivity contribution in [1.82, 2.24) is 5.32 Å². The molecule has 0 aliphatic rings. The summed E-state index contributed by atoms with van der Waals surface area (Å²) >= 11 is 11.7. The van der Waals surface area contributed by atoms with Gasteiger partial charge in [0.25, 0.3) is 5.91 Å². The van der Waals surface area contributed by atoms with E-state index in [1.54, 1.807) is 25.1 Å². The number of aliphatic carboxylic acids is 1. The molecule has 5 nitrogen and oxygen atoms in total. The van der Waals surface area contributed by atoms with Gasteiger partial charge in [-0.15, -0.1) is 0 Å². The number of unbranched alkanes of at least 4 members (excludes halogenated alkanes) is 1. The average Bonchev–Trinajstić information content (AvgIpc) is 2.42. The van der Waals surface area contributed by atoms with E-state index in [1.807, 2.05) is 0 Å². The molecule has 1 unspecified atom stereocenters. The summed E-state index contributed by atoms with van der Waals surface area (Å²) in [5.41, 5.74) is 0. The van der Waals surface area contributed by atoms with Crippen LogP contribution in [0, 0.1) is 0 Å². The minimum Gasteiger partial charge on any atom is -0.481 e. The van der Waals surface area contributed by atoms with Crippen molar-refractivity contribution in [3.63, 3.8) is 0 Å². The summed E-state index contributed by atoms with van der Waals surface area (Å²) in [5.74, 6) is -0.646. The lowest BCUT2D eigenvalue weighted by atomic mass is 10.2. The Balaban J connectivity index is 2.33. The van der Waals surface area contributed by atoms with Crippen LogP contribution in [0.5, 0.6) is 5.75 Å². The standard InChI is InChI=1S/C14H17Cl2NO4/c1-9(14(20)17-7-3-2-4-13(18)19)21-10-5-6-11(15)12(16)8-10/h5-6,8-9H,2-4,7H2,1H3,(H,17,20)(H,18,19). The highest BCUT2D eigenvalue weighted by molar-refractivity contribution is 6.42. The molecule has 0 aliphatic heterocycles. The molecule has 1 aromatic rings. The van der Waals surface area contributed by atoms with Crippen LogP contribution >= 0.6 is 23.2 Å². The fourth-order valence-electron chi connectivity index (χ4n) is 1.56. The van der Waals surface area contributed by atoms with Gasteiger partial charge >= 0.3 is 5.97 Å². The van der Waals surface area contributed by atoms with Crippen molar-refractivity contribution in [2.45, 2.75) is 32.3 Å². The van der Waals surface area contributed by atoms with Crippen molar-refractivity contribution in [3.8, 4) is 5.75 Å². The molecule has 1 rings (SSSR count). The number of hydrogen-bond donors (Lipinski definition) is 2. The molecule has 2 N–H and O–H groups in total. The first-order chi connectivity index (χ1) is 9.90. The average molecular weight is 334 g/mol. The van der Waals surface area contributed by atoms with Gasteiger partial charge in [-0.1, -0.05) is 23.2 Å². The van der Waals surface area contributed by atoms with E-state index in [9.17, 15) is 9.59 Å². The maximum absolute atomic E-state index is 11.8. The molecule has 0 aliphatic carbocycles. The Morgan fingerprint density at radius 2 is 2.00 bits per heavy atom. The van der Waals surface area contributed by atoms with E-state index in [0.29, 0.717) is 35.2 Å². The van der Waals surface area contributed by atoms with E-state index in [1.165, 1.54) is 0 Å². The third kappa shape index (κ3) is 6.69. The van der Waals surface area contributed by atoms with E-state index in [4.69, 9.17) is 33.0 Å². The van der Waals surface area contributed by atoms with Crippen LogP contribution in [0.1, 0.15) is 26.2 Å². The predicted molar refractivity (Wildman–Crippen MR) is 81.0 cm³/mol. The monoisotopic (exact) mass is 333 g/mol. The molecule has 0 fully saturated rings. The lowest BCUT2D eigenvalue weighted by Crippen LogP contribution is -2.36. The largest absolute Gasteiger partial charge is 0.481 e. The molecule has 1 atom stereocenters. The second kappa shape index (κ2) is 8.74. The molecule has 1 aromatic carbocycles. The summed E-state index contributed by atoms with van der Waals surface area (Å²) in [6.45, 7) is 2.04. The topological polar surface area (TPSA) is 75.6 Å². The zero-order chi connectivity index (χ0) is 15.8. The molecule has 0 spiro atoms. The number of hydrogen-bond acceptors (Lipinski definition) is 3. The van der Waals surface area contributed by atoms with Crippen molar-refractivity contribution in [3.05, 3.63) is 28.2 Å². The number of ether oxygens (including phenoxy) is 1. The van der Waals surface area contributed by atoms with Gasteiger partial charge < -0.3 is 15.2 Å². The van der Waals surface area contributed by atoms with Crippen molar-refractivity contribution in [2.24, 2.45) is 0 Å². The summed E-state index contributed by atoms with van der Waals surface area (Å²) in [7, 11) is 0. The van der Waals surface area contributed by atoms with Crippen molar-refractivity contribution in [2.75, 3.05) is 6.54 Å². The molecule has 21 heavy (non-hydrogen) atoms. The predicted octanol–water partition coefficient (Wildman–Crippen LogP) is 3.13. The molecular weight excluding hydrogens is 317 g/mol. The van der Waals surface area contributed by atoms with Crippen LogP contribution in [0.4, 0.5) is 0 Å². The van der Waals surface area contributed by atoms with Crippen LogP contribution in [0.2, 0.25) is 10.0 Å². The van der Waals surface area contributed by atoms with E-state index >= 15 is 0 Å². The summed E-state index contributed by atoms with van der Waals surface area (Å²) in [4.78, 5) is 22.1. The Hall–Kier alpha value is -1.46. The molecular formula is C14H17Cl2NO4. The molecule has 0 aromatic heterocycles. The van der Waals surface area contributed by atoms with Gasteiger partial charge in [0.05, 0.1) is 10.0 Å². The summed E-state index contributed by atoms with van der Waals surface area (Å²) in [6, 6.07) is 4.77. The Labute approximate surface area is 133 Å². The van der Waals surface area contributed by atoms with Gasteiger partial charge in [0, 0.05) is 19.0 Å². The van der Waals surface area contributed by atoms with Crippen LogP contribution in [0.25, 0.3) is 0 Å². The smallest absolute Gasteiger partial charge is 0.303 e. The Kier molecular flexibility index (Phi) is 7.32. The van der Waals surface area contributed by atoms with Crippen LogP contribution in [-0.2, 0) is 9.59 Å². The molecule has 116 valence electrons. The van der Waals surface area contributed by atoms with Crippen molar-refractivity contribution < 1.29 is 19.4 Å². The quantitative estimate of drug-likeness (QED) is 0.716. The Bertz CT molecular complexity index is 508. The fourth-order valence-corrected chi connectivity index (χ4v) is 1.85. The van der Waals surface area contributed by atoms with Crippen LogP contribution in [0.15, 0.2) is 18.2 Å². The first-order valence-corrected chi connectivity index (χ1v) is 7.27. The van der Waals surface area contributed by atoms with Gasteiger partial charge in [-0.3, -0.25) is 9.59 Å². The summed E-state index contributed by atoms with van der Waals surface area (Å²) in [5, 5.41) is 11.9. The van der Waals surface area contributed by atoms with Gasteiger partial charge in [0.1, 0.15) is 5.75 Å². The molecule has 0 bridgehead atoms. The lowest BCUT2D eigenvalue weighted by molar-refractivity contribution is -0.137. The van der Waals surface area contributed by atoms with E-state index in [0.717, 1.165) is 0 Å². The van der Waals surface area contributed by atoms with E-state index < -0.39 is 12.1 Å². The highest BCUT2D eigenvalue weighted by atomic mass is 35.5. The van der Waals surface area contributed by atoms with Crippen LogP contribution in [-0.4, -0.2) is 29.6 Å². The van der Waals surface area contributed by atoms with Crippen molar-refractivity contribution >= 4 is 35.1 Å². The van der Waals surface area contributed by atoms with Gasteiger partial charge in [-0.2, -0.15) is 0 Å². The number of amides is 1. The molecule has 0 radical (unpaired) electrons. The van der Waals surface area contributed by atoms with Gasteiger partial charge in [-0.25, -0.2) is 0 Å². The second-order valence-corrected chi connectivity index (χ2v) is 5.29. The highest BCUT2D eigenvalue weighted by Crippen LogP contribution is 2.26. The number of nitrogens with one attached hydrogen (secondary N) is 1. The number of carbonyl (C=O) groups excluding carboxylic acids is 1. The summed E-state index contributed by atoms with van der Waals surface area (Å²) in [6.07, 6.45) is 0.558. The fraction of sp³-hybridized carbons (Fsp3) is 0.429. The van der Waals surface area contributed by atoms with Crippen LogP contribution < -0.4 is 10.1 Å². The molecule has 7 heteroatoms. The molecule has 0 saturated carbocycles. The third-order valence-corrected chi connectivity index (χ3v) is 3.43. The zero-order valence-corrected chi connectivity index (χ0v) is 13.1. The molecule has 1 amide bonds. The molecule has 0 heterocycles. The first-order valence-electron chi connectivity index (χ1n) is 6.51. The minimum atomic E-state index is -0.836. The lowest BCUT2D eigenvalue weighted by Gasteiger charge is -2.15. The third-order valence-electron chi connectivity index (χ3n) is 2.69. The van der Waals surface area contributed by atoms with Gasteiger partial charge in [0.15, 0.2) is 6.10 Å². The van der Waals surface area contributed by atoms with Crippen LogP contribution in [0.3, 0.4) is 0 Å². The number of carbonyl (C=O) groups is 2. The minimum absolute atomic E-state index is 0.102. The normalized spacial score (nSPS) is 11.8. The van der Waals surface area contributed by atoms with Crippen molar-refractivity contribution in [1.29, 1.82) is 0 Å². The zero-order valence-electron chi connectivity index (χ0n) is 11.6. The van der Waals surface area contributed by atoms with Gasteiger partial charge in [-0.05, 0) is 31.9 Å². The maximum atomic E-state index is 11.8. The Morgan fingerprint density at radius 3 is 2.62 bits per heavy atom. The van der Waals surface area contributed by atoms with E-state index in [-0.39, 0.29) is 12.3 Å². The highest BCUT2D eigenvalue weighted by Gasteiger charge is 2.14. The second-order valence-electron chi connectivity index (χ2n) is 4.48. The first kappa shape index (κ1) is 17.6. The molecule has 0 saturated heterocycles. The number of halogens is 2. The number of rotatable bonds is 8. The van der Waals surface area contributed by atoms with E-state index in [2.05, 4.69) is 5.32 Å². The SMILES string of the molecule is CC(Oc1ccc(Cl)c(Cl)c1)C(=O)NCCCCC(=O)O. The number of carboxylic acid groups (broad SMARTS) is 1.